The van der Waals surface area contributed by atoms with Gasteiger partial charge in [-0.3, -0.25) is 4.79 Å². The summed E-state index contributed by atoms with van der Waals surface area (Å²) in [5, 5.41) is -0.326. The van der Waals surface area contributed by atoms with Crippen LogP contribution in [0.5, 0.6) is 5.75 Å². The highest BCUT2D eigenvalue weighted by Crippen LogP contribution is 2.33. The number of hydrogen-bond donors (Lipinski definition) is 0. The summed E-state index contributed by atoms with van der Waals surface area (Å²) in [4.78, 5) is 13.9. The van der Waals surface area contributed by atoms with Crippen molar-refractivity contribution in [2.24, 2.45) is 0 Å². The summed E-state index contributed by atoms with van der Waals surface area (Å²) in [5.41, 5.74) is 0.566. The molecule has 0 radical (unpaired) electrons. The lowest BCUT2D eigenvalue weighted by Crippen LogP contribution is -2.37. The van der Waals surface area contributed by atoms with E-state index in [2.05, 4.69) is 0 Å². The Morgan fingerprint density at radius 1 is 1.15 bits per heavy atom. The van der Waals surface area contributed by atoms with Gasteiger partial charge in [0.25, 0.3) is 5.91 Å². The number of amides is 1. The number of carbonyl (C=O) groups excluding carboxylic acids is 1. The molecule has 1 heterocycles. The van der Waals surface area contributed by atoms with Crippen LogP contribution in [-0.2, 0) is 14.6 Å². The van der Waals surface area contributed by atoms with Gasteiger partial charge < -0.3 is 9.64 Å². The molecule has 0 N–H and O–H groups in total. The van der Waals surface area contributed by atoms with Crippen LogP contribution in [0, 0.1) is 5.82 Å². The fourth-order valence-corrected chi connectivity index (χ4v) is 5.19. The summed E-state index contributed by atoms with van der Waals surface area (Å²) < 4.78 is 43.6. The Kier molecular flexibility index (Phi) is 6.01. The van der Waals surface area contributed by atoms with Gasteiger partial charge in [0, 0.05) is 18.1 Å². The van der Waals surface area contributed by atoms with Crippen molar-refractivity contribution in [3.05, 3.63) is 64.9 Å². The molecule has 2 aromatic carbocycles. The van der Waals surface area contributed by atoms with Crippen molar-refractivity contribution in [2.75, 3.05) is 25.4 Å². The average molecular weight is 412 g/mol. The number of sulfone groups is 1. The predicted molar refractivity (Wildman–Crippen MR) is 101 cm³/mol. The molecule has 1 saturated heterocycles. The van der Waals surface area contributed by atoms with Crippen molar-refractivity contribution in [3.63, 3.8) is 0 Å². The number of halogens is 2. The van der Waals surface area contributed by atoms with E-state index in [1.165, 1.54) is 29.2 Å². The van der Waals surface area contributed by atoms with Crippen molar-refractivity contribution in [1.29, 1.82) is 0 Å². The highest BCUT2D eigenvalue weighted by atomic mass is 35.5. The van der Waals surface area contributed by atoms with Gasteiger partial charge in [0.15, 0.2) is 16.4 Å². The molecule has 5 nitrogen and oxygen atoms in total. The summed E-state index contributed by atoms with van der Waals surface area (Å²) >= 11 is 6.17. The van der Waals surface area contributed by atoms with Gasteiger partial charge in [-0.05, 0) is 42.3 Å². The van der Waals surface area contributed by atoms with Crippen LogP contribution in [0.15, 0.2) is 48.5 Å². The van der Waals surface area contributed by atoms with Crippen LogP contribution in [0.25, 0.3) is 0 Å². The molecule has 0 saturated carbocycles. The standard InChI is InChI=1S/C19H19ClFNO4S/c20-17-4-2-1-3-16(17)18-9-10-22(11-12-27(18,24)25)19(23)13-26-15-7-5-14(21)6-8-15/h1-8,18H,9-13H2/t18-/m0/s1. The molecule has 1 aliphatic rings. The minimum Gasteiger partial charge on any atom is -0.484 e. The quantitative estimate of drug-likeness (QED) is 0.774. The van der Waals surface area contributed by atoms with E-state index in [1.807, 2.05) is 0 Å². The predicted octanol–water partition coefficient (Wildman–Crippen LogP) is 3.25. The molecule has 27 heavy (non-hydrogen) atoms. The molecule has 1 fully saturated rings. The minimum atomic E-state index is -3.43. The van der Waals surface area contributed by atoms with Gasteiger partial charge >= 0.3 is 0 Å². The van der Waals surface area contributed by atoms with Crippen molar-refractivity contribution in [2.45, 2.75) is 11.7 Å². The summed E-state index contributed by atoms with van der Waals surface area (Å²) in [5.74, 6) is -0.460. The van der Waals surface area contributed by atoms with Crippen LogP contribution in [0.2, 0.25) is 5.02 Å². The second kappa shape index (κ2) is 8.27. The van der Waals surface area contributed by atoms with E-state index in [9.17, 15) is 17.6 Å². The summed E-state index contributed by atoms with van der Waals surface area (Å²) in [6.45, 7) is 0.165. The molecule has 1 aliphatic heterocycles. The lowest BCUT2D eigenvalue weighted by Gasteiger charge is -2.20. The van der Waals surface area contributed by atoms with Crippen molar-refractivity contribution in [3.8, 4) is 5.75 Å². The van der Waals surface area contributed by atoms with Gasteiger partial charge in [0.05, 0.1) is 11.0 Å². The second-order valence-electron chi connectivity index (χ2n) is 6.29. The number of carbonyl (C=O) groups is 1. The van der Waals surface area contributed by atoms with E-state index < -0.39 is 20.9 Å². The van der Waals surface area contributed by atoms with Crippen LogP contribution in [0.4, 0.5) is 4.39 Å². The maximum atomic E-state index is 12.9. The van der Waals surface area contributed by atoms with Crippen LogP contribution >= 0.6 is 11.6 Å². The van der Waals surface area contributed by atoms with E-state index in [0.29, 0.717) is 22.9 Å². The van der Waals surface area contributed by atoms with Gasteiger partial charge in [-0.25, -0.2) is 12.8 Å². The van der Waals surface area contributed by atoms with Crippen LogP contribution in [0.1, 0.15) is 17.2 Å². The molecular formula is C19H19ClFNO4S. The van der Waals surface area contributed by atoms with E-state index in [0.717, 1.165) is 0 Å². The van der Waals surface area contributed by atoms with Gasteiger partial charge in [0.2, 0.25) is 0 Å². The van der Waals surface area contributed by atoms with E-state index in [1.54, 1.807) is 24.3 Å². The Morgan fingerprint density at radius 2 is 1.85 bits per heavy atom. The largest absolute Gasteiger partial charge is 0.484 e. The molecular weight excluding hydrogens is 393 g/mol. The van der Waals surface area contributed by atoms with Crippen molar-refractivity contribution in [1.82, 2.24) is 4.90 Å². The van der Waals surface area contributed by atoms with E-state index in [-0.39, 0.29) is 31.2 Å². The molecule has 0 bridgehead atoms. The third-order valence-corrected chi connectivity index (χ3v) is 6.97. The lowest BCUT2D eigenvalue weighted by molar-refractivity contribution is -0.133. The van der Waals surface area contributed by atoms with Gasteiger partial charge in [-0.2, -0.15) is 0 Å². The molecule has 8 heteroatoms. The molecule has 0 aromatic heterocycles. The lowest BCUT2D eigenvalue weighted by atomic mass is 10.1. The van der Waals surface area contributed by atoms with E-state index >= 15 is 0 Å². The highest BCUT2D eigenvalue weighted by molar-refractivity contribution is 7.91. The molecule has 2 aromatic rings. The summed E-state index contributed by atoms with van der Waals surface area (Å²) in [6, 6.07) is 12.2. The van der Waals surface area contributed by atoms with Crippen LogP contribution < -0.4 is 4.74 Å². The summed E-state index contributed by atoms with van der Waals surface area (Å²) in [7, 11) is -3.43. The number of ether oxygens (including phenoxy) is 1. The molecule has 144 valence electrons. The monoisotopic (exact) mass is 411 g/mol. The normalized spacial score (nSPS) is 19.3. The molecule has 0 aliphatic carbocycles. The zero-order valence-electron chi connectivity index (χ0n) is 14.5. The first kappa shape index (κ1) is 19.6. The Hall–Kier alpha value is -2.12. The topological polar surface area (TPSA) is 63.7 Å². The third kappa shape index (κ3) is 4.78. The zero-order valence-corrected chi connectivity index (χ0v) is 16.0. The third-order valence-electron chi connectivity index (χ3n) is 4.52. The SMILES string of the molecule is O=C(COc1ccc(F)cc1)N1CC[C@@H](c2ccccc2Cl)S(=O)(=O)CC1. The van der Waals surface area contributed by atoms with Crippen molar-refractivity contribution >= 4 is 27.3 Å². The highest BCUT2D eigenvalue weighted by Gasteiger charge is 2.33. The molecule has 1 atom stereocenters. The Labute approximate surface area is 162 Å². The first-order valence-electron chi connectivity index (χ1n) is 8.49. The number of nitrogens with zero attached hydrogens (tertiary/aromatic N) is 1. The molecule has 0 unspecified atom stereocenters. The zero-order chi connectivity index (χ0) is 19.4. The first-order chi connectivity index (χ1) is 12.9. The summed E-state index contributed by atoms with van der Waals surface area (Å²) in [6.07, 6.45) is 0.272. The number of rotatable bonds is 4. The minimum absolute atomic E-state index is 0.106. The smallest absolute Gasteiger partial charge is 0.260 e. The Bertz CT molecular complexity index is 918. The molecule has 3 rings (SSSR count). The van der Waals surface area contributed by atoms with Gasteiger partial charge in [-0.1, -0.05) is 29.8 Å². The Balaban J connectivity index is 1.67. The Morgan fingerprint density at radius 3 is 2.56 bits per heavy atom. The average Bonchev–Trinajstić information content (AvgIpc) is 2.80. The second-order valence-corrected chi connectivity index (χ2v) is 9.00. The fourth-order valence-electron chi connectivity index (χ4n) is 3.05. The van der Waals surface area contributed by atoms with Crippen molar-refractivity contribution < 1.29 is 22.3 Å². The molecule has 0 spiro atoms. The van der Waals surface area contributed by atoms with Gasteiger partial charge in [-0.15, -0.1) is 0 Å². The number of hydrogen-bond acceptors (Lipinski definition) is 4. The fraction of sp³-hybridized carbons (Fsp3) is 0.316. The first-order valence-corrected chi connectivity index (χ1v) is 10.6. The van der Waals surface area contributed by atoms with Gasteiger partial charge in [0.1, 0.15) is 11.6 Å². The maximum Gasteiger partial charge on any atom is 0.260 e. The van der Waals surface area contributed by atoms with Crippen LogP contribution in [-0.4, -0.2) is 44.7 Å². The van der Waals surface area contributed by atoms with Crippen LogP contribution in [0.3, 0.4) is 0 Å². The molecule has 1 amide bonds. The maximum absolute atomic E-state index is 12.9. The van der Waals surface area contributed by atoms with E-state index in [4.69, 9.17) is 16.3 Å². The number of benzene rings is 2.